The standard InChI is InChI=1S/C23H18N2P/c24-18-20(19-25)16-17-26(21-10-4-1-5-11-21,22-12-6-2-7-13-22)23-14-8-3-9-15-23/h1-16H,17H2/q+1. The average molecular weight is 353 g/mol. The van der Waals surface area contributed by atoms with E-state index in [9.17, 15) is 10.5 Å². The maximum Gasteiger partial charge on any atom is 0.129 e. The number of nitrogens with zero attached hydrogens (tertiary/aromatic N) is 2. The molecule has 26 heavy (non-hydrogen) atoms. The number of hydrogen-bond donors (Lipinski definition) is 0. The van der Waals surface area contributed by atoms with Gasteiger partial charge in [-0.05, 0) is 42.5 Å². The smallest absolute Gasteiger partial charge is 0.129 e. The van der Waals surface area contributed by atoms with Gasteiger partial charge < -0.3 is 0 Å². The zero-order valence-corrected chi connectivity index (χ0v) is 15.2. The summed E-state index contributed by atoms with van der Waals surface area (Å²) in [4.78, 5) is 0. The molecule has 0 saturated carbocycles. The second-order valence-electron chi connectivity index (χ2n) is 5.84. The summed E-state index contributed by atoms with van der Waals surface area (Å²) in [6, 6.07) is 35.3. The summed E-state index contributed by atoms with van der Waals surface area (Å²) in [6.45, 7) is 0. The van der Waals surface area contributed by atoms with Crippen molar-refractivity contribution in [3.8, 4) is 12.1 Å². The van der Waals surface area contributed by atoms with Gasteiger partial charge in [-0.25, -0.2) is 0 Å². The molecule has 0 unspecified atom stereocenters. The molecular formula is C23H18N2P+. The van der Waals surface area contributed by atoms with E-state index < -0.39 is 7.26 Å². The first-order valence-electron chi connectivity index (χ1n) is 8.36. The van der Waals surface area contributed by atoms with Crippen molar-refractivity contribution in [1.29, 1.82) is 10.5 Å². The molecule has 0 atom stereocenters. The molecule has 0 aromatic heterocycles. The number of allylic oxidation sites excluding steroid dienone is 2. The van der Waals surface area contributed by atoms with E-state index in [0.29, 0.717) is 6.16 Å². The minimum atomic E-state index is -2.01. The Bertz CT molecular complexity index is 853. The lowest BCUT2D eigenvalue weighted by Crippen LogP contribution is -2.33. The fourth-order valence-electron chi connectivity index (χ4n) is 3.16. The summed E-state index contributed by atoms with van der Waals surface area (Å²) in [5.41, 5.74) is 0.164. The van der Waals surface area contributed by atoms with E-state index in [1.165, 1.54) is 15.9 Å². The normalized spacial score (nSPS) is 10.4. The molecule has 3 aromatic carbocycles. The van der Waals surface area contributed by atoms with Gasteiger partial charge in [0.05, 0.1) is 6.16 Å². The van der Waals surface area contributed by atoms with Crippen molar-refractivity contribution < 1.29 is 0 Å². The second kappa shape index (κ2) is 8.26. The quantitative estimate of drug-likeness (QED) is 0.515. The van der Waals surface area contributed by atoms with Gasteiger partial charge in [-0.1, -0.05) is 54.6 Å². The van der Waals surface area contributed by atoms with Crippen LogP contribution in [0.5, 0.6) is 0 Å². The molecule has 0 spiro atoms. The lowest BCUT2D eigenvalue weighted by atomic mass is 10.3. The third kappa shape index (κ3) is 3.43. The van der Waals surface area contributed by atoms with Crippen LogP contribution in [-0.4, -0.2) is 6.16 Å². The van der Waals surface area contributed by atoms with Crippen molar-refractivity contribution in [2.45, 2.75) is 0 Å². The van der Waals surface area contributed by atoms with Crippen LogP contribution in [0.25, 0.3) is 0 Å². The maximum atomic E-state index is 9.21. The summed E-state index contributed by atoms with van der Waals surface area (Å²) >= 11 is 0. The molecule has 0 saturated heterocycles. The highest BCUT2D eigenvalue weighted by molar-refractivity contribution is 7.95. The van der Waals surface area contributed by atoms with Crippen LogP contribution in [0.2, 0.25) is 0 Å². The van der Waals surface area contributed by atoms with Gasteiger partial charge in [0.2, 0.25) is 0 Å². The largest absolute Gasteiger partial charge is 0.192 e. The van der Waals surface area contributed by atoms with E-state index in [2.05, 4.69) is 72.8 Å². The molecule has 0 aliphatic carbocycles. The Hall–Kier alpha value is -3.19. The molecule has 0 bridgehead atoms. The van der Waals surface area contributed by atoms with Crippen molar-refractivity contribution in [3.63, 3.8) is 0 Å². The third-order valence-corrected chi connectivity index (χ3v) is 8.67. The highest BCUT2D eigenvalue weighted by atomic mass is 31.2. The zero-order chi connectivity index (χ0) is 18.2. The van der Waals surface area contributed by atoms with Gasteiger partial charge in [-0.2, -0.15) is 10.5 Å². The number of nitriles is 2. The van der Waals surface area contributed by atoms with Crippen LogP contribution in [0.4, 0.5) is 0 Å². The van der Waals surface area contributed by atoms with Crippen molar-refractivity contribution in [2.24, 2.45) is 0 Å². The van der Waals surface area contributed by atoms with Gasteiger partial charge in [0, 0.05) is 0 Å². The Morgan fingerprint density at radius 3 is 1.31 bits per heavy atom. The second-order valence-corrected chi connectivity index (χ2v) is 9.37. The van der Waals surface area contributed by atoms with Crippen molar-refractivity contribution in [3.05, 3.63) is 103 Å². The lowest BCUT2D eigenvalue weighted by molar-refractivity contribution is 1.45. The Labute approximate surface area is 155 Å². The molecule has 3 heteroatoms. The van der Waals surface area contributed by atoms with E-state index in [-0.39, 0.29) is 5.57 Å². The molecule has 124 valence electrons. The Balaban J connectivity index is 2.30. The van der Waals surface area contributed by atoms with Gasteiger partial charge in [0.1, 0.15) is 40.9 Å². The van der Waals surface area contributed by atoms with E-state index in [1.54, 1.807) is 6.08 Å². The van der Waals surface area contributed by atoms with Gasteiger partial charge in [0.25, 0.3) is 0 Å². The Morgan fingerprint density at radius 1 is 0.654 bits per heavy atom. The van der Waals surface area contributed by atoms with Crippen LogP contribution in [0.15, 0.2) is 103 Å². The van der Waals surface area contributed by atoms with Crippen LogP contribution in [-0.2, 0) is 0 Å². The first-order chi connectivity index (χ1) is 12.8. The van der Waals surface area contributed by atoms with Gasteiger partial charge in [-0.15, -0.1) is 0 Å². The average Bonchev–Trinajstić information content (AvgIpc) is 2.74. The summed E-state index contributed by atoms with van der Waals surface area (Å²) in [6.07, 6.45) is 2.43. The fraction of sp³-hybridized carbons (Fsp3) is 0.0435. The molecule has 0 heterocycles. The topological polar surface area (TPSA) is 47.6 Å². The molecule has 0 radical (unpaired) electrons. The van der Waals surface area contributed by atoms with Crippen molar-refractivity contribution in [2.75, 3.05) is 6.16 Å². The number of hydrogen-bond acceptors (Lipinski definition) is 2. The summed E-state index contributed by atoms with van der Waals surface area (Å²) in [7, 11) is -2.01. The summed E-state index contributed by atoms with van der Waals surface area (Å²) in [5.74, 6) is 0. The highest BCUT2D eigenvalue weighted by Crippen LogP contribution is 2.55. The SMILES string of the molecule is N#CC(C#N)=CC[P+](c1ccccc1)(c1ccccc1)c1ccccc1. The minimum absolute atomic E-state index is 0.164. The van der Waals surface area contributed by atoms with Gasteiger partial charge in [0.15, 0.2) is 0 Å². The van der Waals surface area contributed by atoms with Crippen LogP contribution in [0.1, 0.15) is 0 Å². The lowest BCUT2D eigenvalue weighted by Gasteiger charge is -2.26. The molecule has 0 N–H and O–H groups in total. The summed E-state index contributed by atoms with van der Waals surface area (Å²) < 4.78 is 0. The number of benzene rings is 3. The van der Waals surface area contributed by atoms with E-state index in [4.69, 9.17) is 0 Å². The fourth-order valence-corrected chi connectivity index (χ4v) is 7.18. The predicted octanol–water partition coefficient (Wildman–Crippen LogP) is 3.95. The Morgan fingerprint density at radius 2 is 1.00 bits per heavy atom. The van der Waals surface area contributed by atoms with E-state index >= 15 is 0 Å². The number of rotatable bonds is 5. The van der Waals surface area contributed by atoms with Crippen molar-refractivity contribution >= 4 is 23.2 Å². The molecule has 3 rings (SSSR count). The molecule has 3 aromatic rings. The van der Waals surface area contributed by atoms with Crippen LogP contribution in [0.3, 0.4) is 0 Å². The van der Waals surface area contributed by atoms with Gasteiger partial charge >= 0.3 is 0 Å². The van der Waals surface area contributed by atoms with Crippen molar-refractivity contribution in [1.82, 2.24) is 0 Å². The Kier molecular flexibility index (Phi) is 5.60. The monoisotopic (exact) mass is 353 g/mol. The molecule has 0 aliphatic heterocycles. The van der Waals surface area contributed by atoms with Crippen LogP contribution >= 0.6 is 7.26 Å². The maximum absolute atomic E-state index is 9.21. The minimum Gasteiger partial charge on any atom is -0.192 e. The zero-order valence-electron chi connectivity index (χ0n) is 14.3. The van der Waals surface area contributed by atoms with Gasteiger partial charge in [-0.3, -0.25) is 0 Å². The van der Waals surface area contributed by atoms with E-state index in [0.717, 1.165) is 0 Å². The first-order valence-corrected chi connectivity index (χ1v) is 10.3. The molecule has 0 fully saturated rings. The molecule has 2 nitrogen and oxygen atoms in total. The van der Waals surface area contributed by atoms with E-state index in [1.807, 2.05) is 30.3 Å². The predicted molar refractivity (Wildman–Crippen MR) is 109 cm³/mol. The third-order valence-electron chi connectivity index (χ3n) is 4.40. The molecular weight excluding hydrogens is 335 g/mol. The molecule has 0 amide bonds. The first kappa shape index (κ1) is 17.6. The molecule has 0 aliphatic rings. The van der Waals surface area contributed by atoms with Crippen LogP contribution in [0, 0.1) is 22.7 Å². The summed E-state index contributed by atoms with van der Waals surface area (Å²) in [5, 5.41) is 22.1. The van der Waals surface area contributed by atoms with Crippen LogP contribution < -0.4 is 15.9 Å². The highest BCUT2D eigenvalue weighted by Gasteiger charge is 2.44.